The fraction of sp³-hybridized carbons (Fsp3) is 0.286. The van der Waals surface area contributed by atoms with E-state index in [-0.39, 0.29) is 0 Å². The largest absolute Gasteiger partial charge is 0.310 e. The highest BCUT2D eigenvalue weighted by Crippen LogP contribution is 2.21. The summed E-state index contributed by atoms with van der Waals surface area (Å²) in [5, 5.41) is 7.00. The molecule has 0 spiro atoms. The monoisotopic (exact) mass is 308 g/mol. The number of rotatable bonds is 6. The molecule has 2 aromatic rings. The predicted octanol–water partition coefficient (Wildman–Crippen LogP) is 2.80. The van der Waals surface area contributed by atoms with E-state index in [0.29, 0.717) is 23.2 Å². The molecule has 0 unspecified atom stereocenters. The summed E-state index contributed by atoms with van der Waals surface area (Å²) >= 11 is 1.46. The summed E-state index contributed by atoms with van der Waals surface area (Å²) in [7, 11) is -3.50. The van der Waals surface area contributed by atoms with E-state index in [1.807, 2.05) is 11.4 Å². The average Bonchev–Trinajstić information content (AvgIpc) is 3.14. The highest BCUT2D eigenvalue weighted by Gasteiger charge is 2.20. The smallest absolute Gasteiger partial charge is 0.261 e. The molecule has 1 heterocycles. The molecule has 0 amide bonds. The minimum Gasteiger partial charge on any atom is -0.310 e. The number of benzene rings is 1. The Hall–Kier alpha value is -1.37. The lowest BCUT2D eigenvalue weighted by molar-refractivity contribution is 0.601. The molecule has 1 aromatic heterocycles. The summed E-state index contributed by atoms with van der Waals surface area (Å²) in [5.74, 6) is 0. The number of hydrogen-bond donors (Lipinski definition) is 2. The van der Waals surface area contributed by atoms with Gasteiger partial charge in [-0.2, -0.15) is 11.3 Å². The highest BCUT2D eigenvalue weighted by atomic mass is 32.2. The minimum absolute atomic E-state index is 0.304. The van der Waals surface area contributed by atoms with Crippen LogP contribution in [-0.2, 0) is 16.6 Å². The SMILES string of the molecule is O=S(=O)(Nc1ccsc1)c1cccc(CNC2CC2)c1. The van der Waals surface area contributed by atoms with Crippen LogP contribution in [0.15, 0.2) is 46.0 Å². The van der Waals surface area contributed by atoms with E-state index < -0.39 is 10.0 Å². The zero-order valence-electron chi connectivity index (χ0n) is 10.9. The Morgan fingerprint density at radius 1 is 1.25 bits per heavy atom. The lowest BCUT2D eigenvalue weighted by atomic mass is 10.2. The van der Waals surface area contributed by atoms with Crippen molar-refractivity contribution in [2.45, 2.75) is 30.3 Å². The van der Waals surface area contributed by atoms with Crippen molar-refractivity contribution in [1.82, 2.24) is 5.32 Å². The van der Waals surface area contributed by atoms with Gasteiger partial charge in [0, 0.05) is 18.0 Å². The first-order chi connectivity index (χ1) is 9.63. The Bertz CT molecular complexity index is 677. The van der Waals surface area contributed by atoms with Gasteiger partial charge in [0.15, 0.2) is 0 Å². The van der Waals surface area contributed by atoms with Gasteiger partial charge in [0.25, 0.3) is 10.0 Å². The number of thiophene rings is 1. The van der Waals surface area contributed by atoms with Crippen molar-refractivity contribution in [3.05, 3.63) is 46.7 Å². The molecule has 1 aliphatic carbocycles. The Kier molecular flexibility index (Phi) is 3.78. The van der Waals surface area contributed by atoms with Gasteiger partial charge in [0.2, 0.25) is 0 Å². The van der Waals surface area contributed by atoms with Crippen LogP contribution >= 0.6 is 11.3 Å². The van der Waals surface area contributed by atoms with Crippen molar-refractivity contribution in [3.8, 4) is 0 Å². The molecule has 0 bridgehead atoms. The molecule has 20 heavy (non-hydrogen) atoms. The molecule has 1 aliphatic rings. The molecule has 0 radical (unpaired) electrons. The van der Waals surface area contributed by atoms with Gasteiger partial charge in [0.1, 0.15) is 0 Å². The first-order valence-electron chi connectivity index (χ1n) is 6.51. The minimum atomic E-state index is -3.50. The maximum Gasteiger partial charge on any atom is 0.261 e. The molecular weight excluding hydrogens is 292 g/mol. The molecule has 1 aromatic carbocycles. The third-order valence-corrected chi connectivity index (χ3v) is 5.22. The van der Waals surface area contributed by atoms with Crippen LogP contribution in [0.5, 0.6) is 0 Å². The second kappa shape index (κ2) is 5.55. The summed E-state index contributed by atoms with van der Waals surface area (Å²) in [5.41, 5.74) is 1.60. The van der Waals surface area contributed by atoms with Crippen LogP contribution in [0.2, 0.25) is 0 Å². The molecule has 4 nitrogen and oxygen atoms in total. The molecule has 1 fully saturated rings. The topological polar surface area (TPSA) is 58.2 Å². The Labute approximate surface area is 122 Å². The van der Waals surface area contributed by atoms with E-state index in [4.69, 9.17) is 0 Å². The van der Waals surface area contributed by atoms with Gasteiger partial charge in [-0.1, -0.05) is 12.1 Å². The molecule has 6 heteroatoms. The van der Waals surface area contributed by atoms with E-state index in [0.717, 1.165) is 5.56 Å². The Morgan fingerprint density at radius 2 is 2.10 bits per heavy atom. The molecule has 2 N–H and O–H groups in total. The number of anilines is 1. The Balaban J connectivity index is 1.75. The lowest BCUT2D eigenvalue weighted by Gasteiger charge is -2.08. The molecule has 0 saturated heterocycles. The van der Waals surface area contributed by atoms with E-state index in [9.17, 15) is 8.42 Å². The summed E-state index contributed by atoms with van der Waals surface area (Å²) in [6, 6.07) is 9.43. The maximum absolute atomic E-state index is 12.3. The van der Waals surface area contributed by atoms with Crippen molar-refractivity contribution in [2.75, 3.05) is 4.72 Å². The standard InChI is InChI=1S/C14H16N2O2S2/c17-20(18,16-13-6-7-19-10-13)14-3-1-2-11(8-14)9-15-12-4-5-12/h1-3,6-8,10,12,15-16H,4-5,9H2. The summed E-state index contributed by atoms with van der Waals surface area (Å²) in [6.07, 6.45) is 2.44. The van der Waals surface area contributed by atoms with Crippen molar-refractivity contribution < 1.29 is 8.42 Å². The van der Waals surface area contributed by atoms with Crippen LogP contribution in [-0.4, -0.2) is 14.5 Å². The number of nitrogens with one attached hydrogen (secondary N) is 2. The maximum atomic E-state index is 12.3. The molecular formula is C14H16N2O2S2. The van der Waals surface area contributed by atoms with Crippen LogP contribution in [0.4, 0.5) is 5.69 Å². The fourth-order valence-electron chi connectivity index (χ4n) is 1.91. The molecule has 1 saturated carbocycles. The molecule has 3 rings (SSSR count). The van der Waals surface area contributed by atoms with E-state index >= 15 is 0 Å². The quantitative estimate of drug-likeness (QED) is 0.863. The second-order valence-electron chi connectivity index (χ2n) is 4.92. The predicted molar refractivity (Wildman–Crippen MR) is 81.4 cm³/mol. The van der Waals surface area contributed by atoms with Crippen molar-refractivity contribution in [2.24, 2.45) is 0 Å². The van der Waals surface area contributed by atoms with Crippen molar-refractivity contribution in [1.29, 1.82) is 0 Å². The normalized spacial score (nSPS) is 15.2. The zero-order valence-corrected chi connectivity index (χ0v) is 12.5. The van der Waals surface area contributed by atoms with E-state index in [1.54, 1.807) is 29.6 Å². The van der Waals surface area contributed by atoms with Gasteiger partial charge in [-0.05, 0) is 42.0 Å². The van der Waals surface area contributed by atoms with Gasteiger partial charge >= 0.3 is 0 Å². The Morgan fingerprint density at radius 3 is 2.80 bits per heavy atom. The fourth-order valence-corrected chi connectivity index (χ4v) is 3.69. The van der Waals surface area contributed by atoms with Gasteiger partial charge in [0.05, 0.1) is 10.6 Å². The van der Waals surface area contributed by atoms with Crippen LogP contribution in [0.1, 0.15) is 18.4 Å². The van der Waals surface area contributed by atoms with Gasteiger partial charge in [-0.25, -0.2) is 8.42 Å². The summed E-state index contributed by atoms with van der Waals surface area (Å²) in [6.45, 7) is 0.715. The van der Waals surface area contributed by atoms with E-state index in [1.165, 1.54) is 24.2 Å². The second-order valence-corrected chi connectivity index (χ2v) is 7.38. The van der Waals surface area contributed by atoms with Gasteiger partial charge in [-0.15, -0.1) is 0 Å². The van der Waals surface area contributed by atoms with Crippen LogP contribution < -0.4 is 10.0 Å². The third kappa shape index (κ3) is 3.39. The summed E-state index contributed by atoms with van der Waals surface area (Å²) in [4.78, 5) is 0.304. The van der Waals surface area contributed by atoms with Crippen LogP contribution in [0.3, 0.4) is 0 Å². The lowest BCUT2D eigenvalue weighted by Crippen LogP contribution is -2.16. The van der Waals surface area contributed by atoms with E-state index in [2.05, 4.69) is 10.0 Å². The van der Waals surface area contributed by atoms with Crippen LogP contribution in [0.25, 0.3) is 0 Å². The van der Waals surface area contributed by atoms with Crippen molar-refractivity contribution >= 4 is 27.0 Å². The third-order valence-electron chi connectivity index (χ3n) is 3.15. The molecule has 0 aliphatic heterocycles. The molecule has 0 atom stereocenters. The zero-order chi connectivity index (χ0) is 14.0. The first kappa shape index (κ1) is 13.6. The molecule has 106 valence electrons. The summed E-state index contributed by atoms with van der Waals surface area (Å²) < 4.78 is 27.1. The highest BCUT2D eigenvalue weighted by molar-refractivity contribution is 7.92. The number of hydrogen-bond acceptors (Lipinski definition) is 4. The van der Waals surface area contributed by atoms with Gasteiger partial charge < -0.3 is 5.32 Å². The van der Waals surface area contributed by atoms with Crippen LogP contribution in [0, 0.1) is 0 Å². The van der Waals surface area contributed by atoms with Gasteiger partial charge in [-0.3, -0.25) is 4.72 Å². The first-order valence-corrected chi connectivity index (χ1v) is 8.93. The number of sulfonamides is 1. The van der Waals surface area contributed by atoms with Crippen molar-refractivity contribution in [3.63, 3.8) is 0 Å². The average molecular weight is 308 g/mol.